The van der Waals surface area contributed by atoms with Crippen LogP contribution < -0.4 is 10.6 Å². The largest absolute Gasteiger partial charge is 0.351 e. The molecule has 25 heavy (non-hydrogen) atoms. The fourth-order valence-corrected chi connectivity index (χ4v) is 4.94. The highest BCUT2D eigenvalue weighted by Crippen LogP contribution is 2.47. The van der Waals surface area contributed by atoms with Crippen LogP contribution in [0.2, 0.25) is 0 Å². The predicted molar refractivity (Wildman–Crippen MR) is 96.0 cm³/mol. The summed E-state index contributed by atoms with van der Waals surface area (Å²) in [6.07, 6.45) is 1.41. The van der Waals surface area contributed by atoms with Gasteiger partial charge in [0.15, 0.2) is 9.84 Å². The number of amides is 2. The van der Waals surface area contributed by atoms with Gasteiger partial charge in [-0.1, -0.05) is 32.0 Å². The van der Waals surface area contributed by atoms with E-state index < -0.39 is 15.3 Å². The molecule has 1 atom stereocenters. The van der Waals surface area contributed by atoms with Crippen LogP contribution in [0.15, 0.2) is 24.3 Å². The number of rotatable bonds is 5. The van der Waals surface area contributed by atoms with E-state index in [-0.39, 0.29) is 35.3 Å². The second-order valence-electron chi connectivity index (χ2n) is 7.35. The lowest BCUT2D eigenvalue weighted by Gasteiger charge is -2.20. The molecule has 1 aromatic rings. The van der Waals surface area contributed by atoms with E-state index in [1.54, 1.807) is 0 Å². The molecule has 7 heteroatoms. The van der Waals surface area contributed by atoms with Gasteiger partial charge in [0.1, 0.15) is 5.41 Å². The lowest BCUT2D eigenvalue weighted by molar-refractivity contribution is -0.134. The van der Waals surface area contributed by atoms with Crippen molar-refractivity contribution in [3.05, 3.63) is 29.8 Å². The second kappa shape index (κ2) is 6.44. The van der Waals surface area contributed by atoms with Gasteiger partial charge in [0.05, 0.1) is 11.5 Å². The zero-order valence-corrected chi connectivity index (χ0v) is 15.4. The monoisotopic (exact) mass is 364 g/mol. The molecule has 2 aliphatic rings. The van der Waals surface area contributed by atoms with Crippen LogP contribution in [0.3, 0.4) is 0 Å². The molecule has 1 aliphatic carbocycles. The Bertz CT molecular complexity index is 797. The van der Waals surface area contributed by atoms with Gasteiger partial charge in [0, 0.05) is 11.7 Å². The van der Waals surface area contributed by atoms with Crippen molar-refractivity contribution in [1.29, 1.82) is 0 Å². The Morgan fingerprint density at radius 2 is 1.84 bits per heavy atom. The fourth-order valence-electron chi connectivity index (χ4n) is 3.27. The number of carbonyl (C=O) groups is 2. The Morgan fingerprint density at radius 1 is 1.16 bits per heavy atom. The van der Waals surface area contributed by atoms with Crippen LogP contribution in [-0.4, -0.2) is 37.8 Å². The number of anilines is 1. The summed E-state index contributed by atoms with van der Waals surface area (Å²) < 4.78 is 23.1. The first-order chi connectivity index (χ1) is 11.7. The topological polar surface area (TPSA) is 92.3 Å². The van der Waals surface area contributed by atoms with Crippen LogP contribution in [0.4, 0.5) is 5.69 Å². The molecule has 0 spiro atoms. The van der Waals surface area contributed by atoms with Gasteiger partial charge in [-0.25, -0.2) is 8.42 Å². The van der Waals surface area contributed by atoms with Crippen molar-refractivity contribution in [3.63, 3.8) is 0 Å². The van der Waals surface area contributed by atoms with Gasteiger partial charge in [0.25, 0.3) is 0 Å². The maximum absolute atomic E-state index is 12.7. The van der Waals surface area contributed by atoms with E-state index in [9.17, 15) is 18.0 Å². The standard InChI is InChI=1S/C18H24N2O4S/c1-12(2)14-5-3-4-6-15(14)20-17(22)18(8-9-18)16(21)19-13-7-10-25(23,24)11-13/h3-6,12-13H,7-11H2,1-2H3,(H,19,21)(H,20,22). The lowest BCUT2D eigenvalue weighted by atomic mass is 9.99. The zero-order valence-electron chi connectivity index (χ0n) is 14.5. The predicted octanol–water partition coefficient (Wildman–Crippen LogP) is 1.83. The smallest absolute Gasteiger partial charge is 0.240 e. The van der Waals surface area contributed by atoms with Crippen molar-refractivity contribution in [2.75, 3.05) is 16.8 Å². The fraction of sp³-hybridized carbons (Fsp3) is 0.556. The first-order valence-electron chi connectivity index (χ1n) is 8.65. The summed E-state index contributed by atoms with van der Waals surface area (Å²) in [6.45, 7) is 4.09. The Hall–Kier alpha value is -1.89. The van der Waals surface area contributed by atoms with Crippen LogP contribution >= 0.6 is 0 Å². The highest BCUT2D eigenvalue weighted by Gasteiger charge is 2.57. The SMILES string of the molecule is CC(C)c1ccccc1NC(=O)C1(C(=O)NC2CCS(=O)(=O)C2)CC1. The summed E-state index contributed by atoms with van der Waals surface area (Å²) in [6, 6.07) is 7.19. The number of sulfone groups is 1. The van der Waals surface area contributed by atoms with Crippen LogP contribution in [0.25, 0.3) is 0 Å². The summed E-state index contributed by atoms with van der Waals surface area (Å²) in [5, 5.41) is 5.66. The number of nitrogens with one attached hydrogen (secondary N) is 2. The number of carbonyl (C=O) groups excluding carboxylic acids is 2. The molecule has 0 bridgehead atoms. The Morgan fingerprint density at radius 3 is 2.40 bits per heavy atom. The van der Waals surface area contributed by atoms with Gasteiger partial charge in [-0.3, -0.25) is 9.59 Å². The van der Waals surface area contributed by atoms with E-state index in [0.717, 1.165) is 11.3 Å². The van der Waals surface area contributed by atoms with E-state index in [4.69, 9.17) is 0 Å². The summed E-state index contributed by atoms with van der Waals surface area (Å²) in [4.78, 5) is 25.3. The van der Waals surface area contributed by atoms with Gasteiger partial charge in [-0.05, 0) is 36.8 Å². The van der Waals surface area contributed by atoms with Gasteiger partial charge in [0.2, 0.25) is 11.8 Å². The number of hydrogen-bond donors (Lipinski definition) is 2. The van der Waals surface area contributed by atoms with Crippen LogP contribution in [0, 0.1) is 5.41 Å². The van der Waals surface area contributed by atoms with Crippen LogP contribution in [0.5, 0.6) is 0 Å². The first kappa shape index (κ1) is 17.9. The molecule has 136 valence electrons. The summed E-state index contributed by atoms with van der Waals surface area (Å²) in [5.74, 6) is -0.344. The van der Waals surface area contributed by atoms with Crippen LogP contribution in [-0.2, 0) is 19.4 Å². The molecule has 2 fully saturated rings. The van der Waals surface area contributed by atoms with E-state index >= 15 is 0 Å². The minimum atomic E-state index is -3.07. The quantitative estimate of drug-likeness (QED) is 0.780. The molecule has 6 nitrogen and oxygen atoms in total. The third-order valence-corrected chi connectivity index (χ3v) is 6.79. The van der Waals surface area contributed by atoms with Crippen molar-refractivity contribution in [2.24, 2.45) is 5.41 Å². The van der Waals surface area contributed by atoms with Gasteiger partial charge >= 0.3 is 0 Å². The van der Waals surface area contributed by atoms with Crippen molar-refractivity contribution in [2.45, 2.75) is 45.1 Å². The van der Waals surface area contributed by atoms with Crippen molar-refractivity contribution in [1.82, 2.24) is 5.32 Å². The Balaban J connectivity index is 1.69. The summed E-state index contributed by atoms with van der Waals surface area (Å²) >= 11 is 0. The summed E-state index contributed by atoms with van der Waals surface area (Å²) in [5.41, 5.74) is 0.690. The number of benzene rings is 1. The first-order valence-corrected chi connectivity index (χ1v) is 10.5. The van der Waals surface area contributed by atoms with E-state index in [2.05, 4.69) is 10.6 Å². The Labute approximate surface area is 148 Å². The van der Waals surface area contributed by atoms with Crippen LogP contribution in [0.1, 0.15) is 44.6 Å². The molecule has 0 radical (unpaired) electrons. The highest BCUT2D eigenvalue weighted by atomic mass is 32.2. The molecule has 2 amide bonds. The van der Waals surface area contributed by atoms with Crippen molar-refractivity contribution in [3.8, 4) is 0 Å². The zero-order chi connectivity index (χ0) is 18.2. The molecule has 0 aromatic heterocycles. The average Bonchev–Trinajstić information content (AvgIpc) is 3.28. The molecule has 1 aliphatic heterocycles. The maximum Gasteiger partial charge on any atom is 0.240 e. The minimum absolute atomic E-state index is 0.0351. The molecule has 1 heterocycles. The molecular weight excluding hydrogens is 340 g/mol. The number of para-hydroxylation sites is 1. The molecule has 3 rings (SSSR count). The normalized spacial score (nSPS) is 23.2. The van der Waals surface area contributed by atoms with E-state index in [1.165, 1.54) is 0 Å². The maximum atomic E-state index is 12.7. The number of hydrogen-bond acceptors (Lipinski definition) is 4. The van der Waals surface area contributed by atoms with Crippen molar-refractivity contribution >= 4 is 27.3 Å². The average molecular weight is 364 g/mol. The molecular formula is C18H24N2O4S. The summed E-state index contributed by atoms with van der Waals surface area (Å²) in [7, 11) is -3.07. The molecule has 1 saturated carbocycles. The third kappa shape index (κ3) is 3.71. The molecule has 1 aromatic carbocycles. The highest BCUT2D eigenvalue weighted by molar-refractivity contribution is 7.91. The second-order valence-corrected chi connectivity index (χ2v) is 9.58. The van der Waals surface area contributed by atoms with Gasteiger partial charge in [-0.2, -0.15) is 0 Å². The van der Waals surface area contributed by atoms with E-state index in [1.807, 2.05) is 38.1 Å². The van der Waals surface area contributed by atoms with Gasteiger partial charge in [-0.15, -0.1) is 0 Å². The lowest BCUT2D eigenvalue weighted by Crippen LogP contribution is -2.45. The minimum Gasteiger partial charge on any atom is -0.351 e. The van der Waals surface area contributed by atoms with E-state index in [0.29, 0.717) is 19.3 Å². The molecule has 1 unspecified atom stereocenters. The van der Waals surface area contributed by atoms with Crippen molar-refractivity contribution < 1.29 is 18.0 Å². The molecule has 2 N–H and O–H groups in total. The van der Waals surface area contributed by atoms with Gasteiger partial charge < -0.3 is 10.6 Å². The molecule has 1 saturated heterocycles. The third-order valence-electron chi connectivity index (χ3n) is 5.02. The Kier molecular flexibility index (Phi) is 4.62.